The molecule has 0 aromatic heterocycles. The molecular formula is C22H42O3. The highest BCUT2D eigenvalue weighted by atomic mass is 16.6. The highest BCUT2D eigenvalue weighted by Crippen LogP contribution is 2.10. The summed E-state index contributed by atoms with van der Waals surface area (Å²) in [6, 6.07) is 0. The molecule has 0 aliphatic rings. The molecule has 0 spiro atoms. The Morgan fingerprint density at radius 1 is 0.800 bits per heavy atom. The summed E-state index contributed by atoms with van der Waals surface area (Å²) in [7, 11) is 0. The van der Waals surface area contributed by atoms with E-state index in [1.165, 1.54) is 70.6 Å². The van der Waals surface area contributed by atoms with Crippen molar-refractivity contribution in [3.63, 3.8) is 0 Å². The zero-order chi connectivity index (χ0) is 18.6. The first kappa shape index (κ1) is 24.2. The molecule has 1 N–H and O–H groups in total. The Morgan fingerprint density at radius 2 is 1.32 bits per heavy atom. The number of ether oxygens (including phenoxy) is 1. The van der Waals surface area contributed by atoms with Gasteiger partial charge in [0.25, 0.3) is 0 Å². The molecule has 0 amide bonds. The van der Waals surface area contributed by atoms with Crippen LogP contribution in [-0.4, -0.2) is 17.4 Å². The van der Waals surface area contributed by atoms with E-state index in [0.717, 1.165) is 19.3 Å². The molecule has 0 saturated heterocycles. The van der Waals surface area contributed by atoms with Gasteiger partial charge in [0.05, 0.1) is 0 Å². The van der Waals surface area contributed by atoms with Crippen molar-refractivity contribution in [2.45, 2.75) is 123 Å². The van der Waals surface area contributed by atoms with Crippen molar-refractivity contribution < 1.29 is 14.6 Å². The average Bonchev–Trinajstić information content (AvgIpc) is 2.58. The van der Waals surface area contributed by atoms with Crippen LogP contribution in [0.4, 0.5) is 0 Å². The molecule has 0 rings (SSSR count). The largest absolute Gasteiger partial charge is 0.436 e. The van der Waals surface area contributed by atoms with E-state index in [2.05, 4.69) is 19.1 Å². The first-order chi connectivity index (χ1) is 12.2. The van der Waals surface area contributed by atoms with E-state index in [-0.39, 0.29) is 5.97 Å². The minimum absolute atomic E-state index is 0.265. The smallest absolute Gasteiger partial charge is 0.308 e. The minimum Gasteiger partial charge on any atom is -0.436 e. The van der Waals surface area contributed by atoms with E-state index in [9.17, 15) is 9.90 Å². The van der Waals surface area contributed by atoms with Gasteiger partial charge in [-0.3, -0.25) is 4.79 Å². The van der Waals surface area contributed by atoms with Gasteiger partial charge in [-0.2, -0.15) is 0 Å². The third-order valence-electron chi connectivity index (χ3n) is 4.45. The standard InChI is InChI=1S/C22H42O3/c1-3-5-6-7-8-9-10-11-12-13-14-15-16-17-18-20-22(24)25-21(23)19-4-2/h11-12,21,23H,3-10,13-20H2,1-2H3/b12-11-. The van der Waals surface area contributed by atoms with E-state index in [4.69, 9.17) is 4.74 Å². The van der Waals surface area contributed by atoms with Gasteiger partial charge in [-0.1, -0.05) is 83.8 Å². The van der Waals surface area contributed by atoms with Gasteiger partial charge in [-0.05, 0) is 32.1 Å². The first-order valence-electron chi connectivity index (χ1n) is 10.7. The van der Waals surface area contributed by atoms with E-state index >= 15 is 0 Å². The Bertz CT molecular complexity index is 312. The molecule has 148 valence electrons. The second kappa shape index (κ2) is 19.5. The molecule has 3 nitrogen and oxygen atoms in total. The number of rotatable bonds is 18. The highest BCUT2D eigenvalue weighted by molar-refractivity contribution is 5.69. The lowest BCUT2D eigenvalue weighted by Gasteiger charge is -2.10. The van der Waals surface area contributed by atoms with Gasteiger partial charge in [0.2, 0.25) is 6.29 Å². The second-order valence-corrected chi connectivity index (χ2v) is 7.07. The Kier molecular flexibility index (Phi) is 18.8. The normalized spacial score (nSPS) is 12.6. The van der Waals surface area contributed by atoms with Gasteiger partial charge in [-0.25, -0.2) is 0 Å². The number of carbonyl (C=O) groups is 1. The molecule has 0 aromatic carbocycles. The molecule has 1 unspecified atom stereocenters. The number of allylic oxidation sites excluding steroid dienone is 2. The van der Waals surface area contributed by atoms with Crippen LogP contribution in [0.5, 0.6) is 0 Å². The summed E-state index contributed by atoms with van der Waals surface area (Å²) >= 11 is 0. The monoisotopic (exact) mass is 354 g/mol. The van der Waals surface area contributed by atoms with Crippen LogP contribution in [0.2, 0.25) is 0 Å². The minimum atomic E-state index is -0.916. The van der Waals surface area contributed by atoms with Crippen LogP contribution >= 0.6 is 0 Å². The lowest BCUT2D eigenvalue weighted by atomic mass is 10.1. The van der Waals surface area contributed by atoms with Crippen molar-refractivity contribution in [2.24, 2.45) is 0 Å². The molecule has 0 fully saturated rings. The third-order valence-corrected chi connectivity index (χ3v) is 4.45. The van der Waals surface area contributed by atoms with Gasteiger partial charge in [0.1, 0.15) is 0 Å². The fraction of sp³-hybridized carbons (Fsp3) is 0.864. The quantitative estimate of drug-likeness (QED) is 0.129. The van der Waals surface area contributed by atoms with Crippen LogP contribution in [0.25, 0.3) is 0 Å². The number of hydrogen-bond donors (Lipinski definition) is 1. The SMILES string of the molecule is CCCCCCCC/C=C\CCCCCCCC(=O)OC(O)CCC. The van der Waals surface area contributed by atoms with Crippen LogP contribution in [0, 0.1) is 0 Å². The average molecular weight is 355 g/mol. The Balaban J connectivity index is 3.25. The zero-order valence-corrected chi connectivity index (χ0v) is 16.8. The molecule has 0 aromatic rings. The molecule has 25 heavy (non-hydrogen) atoms. The molecule has 0 bridgehead atoms. The van der Waals surface area contributed by atoms with Gasteiger partial charge in [0, 0.05) is 12.8 Å². The van der Waals surface area contributed by atoms with Gasteiger partial charge in [-0.15, -0.1) is 0 Å². The van der Waals surface area contributed by atoms with Crippen molar-refractivity contribution in [3.8, 4) is 0 Å². The molecular weight excluding hydrogens is 312 g/mol. The maximum absolute atomic E-state index is 11.5. The number of carbonyl (C=O) groups excluding carboxylic acids is 1. The number of esters is 1. The molecule has 0 aliphatic heterocycles. The van der Waals surface area contributed by atoms with E-state index in [1.807, 2.05) is 6.92 Å². The van der Waals surface area contributed by atoms with Gasteiger partial charge >= 0.3 is 5.97 Å². The van der Waals surface area contributed by atoms with Crippen molar-refractivity contribution in [1.29, 1.82) is 0 Å². The summed E-state index contributed by atoms with van der Waals surface area (Å²) in [5.74, 6) is -0.265. The molecule has 1 atom stereocenters. The van der Waals surface area contributed by atoms with Crippen molar-refractivity contribution >= 4 is 5.97 Å². The van der Waals surface area contributed by atoms with Crippen molar-refractivity contribution in [2.75, 3.05) is 0 Å². The maximum atomic E-state index is 11.5. The second-order valence-electron chi connectivity index (χ2n) is 7.07. The number of aliphatic hydroxyl groups is 1. The van der Waals surface area contributed by atoms with E-state index in [1.54, 1.807) is 0 Å². The Hall–Kier alpha value is -0.830. The fourth-order valence-corrected chi connectivity index (χ4v) is 2.86. The highest BCUT2D eigenvalue weighted by Gasteiger charge is 2.09. The van der Waals surface area contributed by atoms with E-state index < -0.39 is 6.29 Å². The number of hydrogen-bond acceptors (Lipinski definition) is 3. The van der Waals surface area contributed by atoms with Crippen molar-refractivity contribution in [3.05, 3.63) is 12.2 Å². The predicted molar refractivity (Wildman–Crippen MR) is 106 cm³/mol. The lowest BCUT2D eigenvalue weighted by molar-refractivity contribution is -0.168. The third kappa shape index (κ3) is 19.3. The first-order valence-corrected chi connectivity index (χ1v) is 10.7. The van der Waals surface area contributed by atoms with Gasteiger partial charge < -0.3 is 9.84 Å². The number of aliphatic hydroxyl groups excluding tert-OH is 1. The van der Waals surface area contributed by atoms with Crippen LogP contribution in [0.3, 0.4) is 0 Å². The van der Waals surface area contributed by atoms with E-state index in [0.29, 0.717) is 12.8 Å². The van der Waals surface area contributed by atoms with Crippen LogP contribution in [0.15, 0.2) is 12.2 Å². The molecule has 3 heteroatoms. The summed E-state index contributed by atoms with van der Waals surface area (Å²) < 4.78 is 4.92. The summed E-state index contributed by atoms with van der Waals surface area (Å²) in [5.41, 5.74) is 0. The lowest BCUT2D eigenvalue weighted by Crippen LogP contribution is -2.16. The molecule has 0 saturated carbocycles. The van der Waals surface area contributed by atoms with Gasteiger partial charge in [0.15, 0.2) is 0 Å². The maximum Gasteiger partial charge on any atom is 0.308 e. The summed E-state index contributed by atoms with van der Waals surface area (Å²) in [6.45, 7) is 4.22. The summed E-state index contributed by atoms with van der Waals surface area (Å²) in [5, 5.41) is 9.40. The Morgan fingerprint density at radius 3 is 1.88 bits per heavy atom. The molecule has 0 aliphatic carbocycles. The number of unbranched alkanes of at least 4 members (excludes halogenated alkanes) is 11. The predicted octanol–water partition coefficient (Wildman–Crippen LogP) is 6.69. The Labute approximate surface area is 156 Å². The molecule has 0 heterocycles. The molecule has 0 radical (unpaired) electrons. The van der Waals surface area contributed by atoms with Crippen molar-refractivity contribution in [1.82, 2.24) is 0 Å². The zero-order valence-electron chi connectivity index (χ0n) is 16.8. The van der Waals surface area contributed by atoms with Crippen LogP contribution < -0.4 is 0 Å². The van der Waals surface area contributed by atoms with Crippen LogP contribution in [0.1, 0.15) is 117 Å². The summed E-state index contributed by atoms with van der Waals surface area (Å²) in [6.07, 6.45) is 21.8. The summed E-state index contributed by atoms with van der Waals surface area (Å²) in [4.78, 5) is 11.5. The fourth-order valence-electron chi connectivity index (χ4n) is 2.86. The van der Waals surface area contributed by atoms with Crippen LogP contribution in [-0.2, 0) is 9.53 Å². The topological polar surface area (TPSA) is 46.5 Å².